The van der Waals surface area contributed by atoms with Gasteiger partial charge in [0.15, 0.2) is 0 Å². The lowest BCUT2D eigenvalue weighted by atomic mass is 9.95. The average molecular weight is 297 g/mol. The van der Waals surface area contributed by atoms with Crippen molar-refractivity contribution >= 4 is 23.2 Å². The molecule has 0 aliphatic carbocycles. The number of rotatable bonds is 6. The first-order chi connectivity index (χ1) is 9.21. The molecule has 102 valence electrons. The molecule has 1 aromatic carbocycles. The SMILES string of the molecule is CCn1cc(CC(CCl)Cc2ccc(Cl)cc2)cn1. The number of halogens is 2. The third kappa shape index (κ3) is 4.26. The molecule has 0 spiro atoms. The summed E-state index contributed by atoms with van der Waals surface area (Å²) in [5, 5.41) is 5.07. The Kier molecular flexibility index (Phi) is 5.29. The van der Waals surface area contributed by atoms with Crippen LogP contribution in [0.3, 0.4) is 0 Å². The number of hydrogen-bond acceptors (Lipinski definition) is 1. The Hall–Kier alpha value is -0.990. The van der Waals surface area contributed by atoms with Gasteiger partial charge in [0.05, 0.1) is 6.20 Å². The van der Waals surface area contributed by atoms with Crippen molar-refractivity contribution < 1.29 is 0 Å². The topological polar surface area (TPSA) is 17.8 Å². The first-order valence-electron chi connectivity index (χ1n) is 6.53. The molecule has 0 saturated carbocycles. The van der Waals surface area contributed by atoms with Gasteiger partial charge in [0.1, 0.15) is 0 Å². The van der Waals surface area contributed by atoms with Gasteiger partial charge in [-0.2, -0.15) is 5.10 Å². The summed E-state index contributed by atoms with van der Waals surface area (Å²) in [6.07, 6.45) is 5.97. The Morgan fingerprint density at radius 1 is 1.16 bits per heavy atom. The van der Waals surface area contributed by atoms with Crippen LogP contribution >= 0.6 is 23.2 Å². The van der Waals surface area contributed by atoms with E-state index in [1.165, 1.54) is 11.1 Å². The molecule has 0 fully saturated rings. The molecular weight excluding hydrogens is 279 g/mol. The van der Waals surface area contributed by atoms with Gasteiger partial charge in [-0.1, -0.05) is 23.7 Å². The highest BCUT2D eigenvalue weighted by Crippen LogP contribution is 2.18. The largest absolute Gasteiger partial charge is 0.273 e. The molecule has 1 atom stereocenters. The predicted molar refractivity (Wildman–Crippen MR) is 81.0 cm³/mol. The van der Waals surface area contributed by atoms with E-state index in [0.29, 0.717) is 11.8 Å². The molecule has 4 heteroatoms. The summed E-state index contributed by atoms with van der Waals surface area (Å²) < 4.78 is 1.95. The minimum Gasteiger partial charge on any atom is -0.273 e. The van der Waals surface area contributed by atoms with Crippen molar-refractivity contribution in [1.29, 1.82) is 0 Å². The van der Waals surface area contributed by atoms with Crippen LogP contribution in [0.25, 0.3) is 0 Å². The maximum absolute atomic E-state index is 6.09. The van der Waals surface area contributed by atoms with Crippen LogP contribution in [0.15, 0.2) is 36.7 Å². The van der Waals surface area contributed by atoms with Crippen LogP contribution in [0, 0.1) is 5.92 Å². The predicted octanol–water partition coefficient (Wildman–Crippen LogP) is 4.20. The van der Waals surface area contributed by atoms with Crippen LogP contribution in [0.1, 0.15) is 18.1 Å². The number of aryl methyl sites for hydroxylation is 1. The van der Waals surface area contributed by atoms with Crippen LogP contribution in [0.2, 0.25) is 5.02 Å². The quantitative estimate of drug-likeness (QED) is 0.731. The van der Waals surface area contributed by atoms with Crippen molar-refractivity contribution in [2.45, 2.75) is 26.3 Å². The molecule has 0 bridgehead atoms. The Bertz CT molecular complexity index is 505. The summed E-state index contributed by atoms with van der Waals surface area (Å²) in [4.78, 5) is 0. The lowest BCUT2D eigenvalue weighted by Crippen LogP contribution is -2.09. The van der Waals surface area contributed by atoms with Crippen molar-refractivity contribution in [3.63, 3.8) is 0 Å². The fourth-order valence-electron chi connectivity index (χ4n) is 2.15. The summed E-state index contributed by atoms with van der Waals surface area (Å²) in [5.74, 6) is 1.08. The number of alkyl halides is 1. The number of nitrogens with zero attached hydrogens (tertiary/aromatic N) is 2. The minimum absolute atomic E-state index is 0.428. The average Bonchev–Trinajstić information content (AvgIpc) is 2.88. The molecule has 0 saturated heterocycles. The third-order valence-electron chi connectivity index (χ3n) is 3.19. The molecular formula is C15H18Cl2N2. The Balaban J connectivity index is 1.98. The van der Waals surface area contributed by atoms with Gasteiger partial charge in [-0.05, 0) is 48.9 Å². The molecule has 2 aromatic rings. The highest BCUT2D eigenvalue weighted by atomic mass is 35.5. The molecule has 0 amide bonds. The van der Waals surface area contributed by atoms with Crippen LogP contribution in [-0.4, -0.2) is 15.7 Å². The first-order valence-corrected chi connectivity index (χ1v) is 7.44. The first kappa shape index (κ1) is 14.4. The molecule has 2 rings (SSSR count). The number of hydrogen-bond donors (Lipinski definition) is 0. The van der Waals surface area contributed by atoms with Crippen LogP contribution in [0.5, 0.6) is 0 Å². The molecule has 1 aromatic heterocycles. The van der Waals surface area contributed by atoms with Gasteiger partial charge in [-0.15, -0.1) is 11.6 Å². The summed E-state index contributed by atoms with van der Waals surface area (Å²) in [6.45, 7) is 2.99. The van der Waals surface area contributed by atoms with E-state index >= 15 is 0 Å². The van der Waals surface area contributed by atoms with Crippen molar-refractivity contribution in [1.82, 2.24) is 9.78 Å². The number of benzene rings is 1. The monoisotopic (exact) mass is 296 g/mol. The van der Waals surface area contributed by atoms with E-state index in [4.69, 9.17) is 23.2 Å². The summed E-state index contributed by atoms with van der Waals surface area (Å²) in [6, 6.07) is 7.99. The lowest BCUT2D eigenvalue weighted by Gasteiger charge is -2.12. The van der Waals surface area contributed by atoms with Crippen LogP contribution in [0.4, 0.5) is 0 Å². The molecule has 0 aliphatic heterocycles. The van der Waals surface area contributed by atoms with E-state index in [1.54, 1.807) is 0 Å². The zero-order chi connectivity index (χ0) is 13.7. The van der Waals surface area contributed by atoms with Gasteiger partial charge in [-0.3, -0.25) is 4.68 Å². The minimum atomic E-state index is 0.428. The van der Waals surface area contributed by atoms with Gasteiger partial charge in [-0.25, -0.2) is 0 Å². The Labute approximate surface area is 124 Å². The fraction of sp³-hybridized carbons (Fsp3) is 0.400. The van der Waals surface area contributed by atoms with Crippen molar-refractivity contribution in [2.75, 3.05) is 5.88 Å². The molecule has 1 unspecified atom stereocenters. The highest BCUT2D eigenvalue weighted by molar-refractivity contribution is 6.30. The van der Waals surface area contributed by atoms with Gasteiger partial charge in [0.25, 0.3) is 0 Å². The zero-order valence-corrected chi connectivity index (χ0v) is 12.5. The van der Waals surface area contributed by atoms with Gasteiger partial charge < -0.3 is 0 Å². The van der Waals surface area contributed by atoms with Crippen molar-refractivity contribution in [3.05, 3.63) is 52.8 Å². The molecule has 1 heterocycles. The Morgan fingerprint density at radius 3 is 2.42 bits per heavy atom. The second-order valence-corrected chi connectivity index (χ2v) is 5.50. The maximum Gasteiger partial charge on any atom is 0.0521 e. The number of aromatic nitrogens is 2. The summed E-state index contributed by atoms with van der Waals surface area (Å²) in [5.41, 5.74) is 2.53. The molecule has 0 radical (unpaired) electrons. The van der Waals surface area contributed by atoms with Gasteiger partial charge in [0.2, 0.25) is 0 Å². The van der Waals surface area contributed by atoms with E-state index in [-0.39, 0.29) is 0 Å². The molecule has 0 aliphatic rings. The lowest BCUT2D eigenvalue weighted by molar-refractivity contribution is 0.582. The Morgan fingerprint density at radius 2 is 1.84 bits per heavy atom. The van der Waals surface area contributed by atoms with E-state index in [1.807, 2.05) is 23.0 Å². The van der Waals surface area contributed by atoms with Gasteiger partial charge in [0, 0.05) is 23.6 Å². The standard InChI is InChI=1S/C15H18Cl2N2/c1-2-19-11-14(10-18-19)8-13(9-16)7-12-3-5-15(17)6-4-12/h3-6,10-11,13H,2,7-9H2,1H3. The normalized spacial score (nSPS) is 12.6. The highest BCUT2D eigenvalue weighted by Gasteiger charge is 2.11. The zero-order valence-electron chi connectivity index (χ0n) is 11.0. The maximum atomic E-state index is 6.09. The molecule has 2 nitrogen and oxygen atoms in total. The summed E-state index contributed by atoms with van der Waals surface area (Å²) in [7, 11) is 0. The summed E-state index contributed by atoms with van der Waals surface area (Å²) >= 11 is 12.0. The smallest absolute Gasteiger partial charge is 0.0521 e. The van der Waals surface area contributed by atoms with E-state index < -0.39 is 0 Å². The third-order valence-corrected chi connectivity index (χ3v) is 3.88. The molecule has 19 heavy (non-hydrogen) atoms. The second-order valence-electron chi connectivity index (χ2n) is 4.76. The molecule has 0 N–H and O–H groups in total. The second kappa shape index (κ2) is 6.97. The fourth-order valence-corrected chi connectivity index (χ4v) is 2.50. The van der Waals surface area contributed by atoms with E-state index in [9.17, 15) is 0 Å². The van der Waals surface area contributed by atoms with Crippen molar-refractivity contribution in [3.8, 4) is 0 Å². The van der Waals surface area contributed by atoms with E-state index in [0.717, 1.165) is 24.4 Å². The van der Waals surface area contributed by atoms with Crippen molar-refractivity contribution in [2.24, 2.45) is 5.92 Å². The van der Waals surface area contributed by atoms with E-state index in [2.05, 4.69) is 30.4 Å². The van der Waals surface area contributed by atoms with Crippen LogP contribution in [-0.2, 0) is 19.4 Å². The van der Waals surface area contributed by atoms with Crippen LogP contribution < -0.4 is 0 Å². The van der Waals surface area contributed by atoms with Gasteiger partial charge >= 0.3 is 0 Å².